The summed E-state index contributed by atoms with van der Waals surface area (Å²) >= 11 is 0. The van der Waals surface area contributed by atoms with Crippen LogP contribution in [0.1, 0.15) is 66.7 Å². The Morgan fingerprint density at radius 2 is 1.67 bits per heavy atom. The average molecular weight is 418 g/mol. The van der Waals surface area contributed by atoms with Gasteiger partial charge in [-0.15, -0.1) is 0 Å². The van der Waals surface area contributed by atoms with Crippen LogP contribution in [0.2, 0.25) is 0 Å². The van der Waals surface area contributed by atoms with Gasteiger partial charge in [0.05, 0.1) is 11.8 Å². The molecular formula is C24H35NO5. The van der Waals surface area contributed by atoms with E-state index >= 15 is 0 Å². The zero-order valence-corrected chi connectivity index (χ0v) is 18.8. The van der Waals surface area contributed by atoms with Crippen LogP contribution in [0.4, 0.5) is 0 Å². The monoisotopic (exact) mass is 417 g/mol. The molecule has 3 aliphatic carbocycles. The quantitative estimate of drug-likeness (QED) is 0.709. The number of carbonyl (C=O) groups excluding carboxylic acids is 1. The summed E-state index contributed by atoms with van der Waals surface area (Å²) in [6.45, 7) is 11.3. The van der Waals surface area contributed by atoms with Crippen LogP contribution in [0.5, 0.6) is 0 Å². The minimum Gasteiger partial charge on any atom is -0.481 e. The summed E-state index contributed by atoms with van der Waals surface area (Å²) in [7, 11) is 0. The minimum atomic E-state index is -0.894. The highest BCUT2D eigenvalue weighted by Crippen LogP contribution is 2.66. The van der Waals surface area contributed by atoms with Crippen molar-refractivity contribution in [3.63, 3.8) is 0 Å². The summed E-state index contributed by atoms with van der Waals surface area (Å²) in [4.78, 5) is 39.1. The number of nitrogens with zero attached hydrogens (tertiary/aromatic N) is 1. The lowest BCUT2D eigenvalue weighted by Gasteiger charge is -2.64. The van der Waals surface area contributed by atoms with E-state index in [2.05, 4.69) is 39.5 Å². The predicted molar refractivity (Wildman–Crippen MR) is 112 cm³/mol. The van der Waals surface area contributed by atoms with Crippen LogP contribution < -0.4 is 0 Å². The normalized spacial score (nSPS) is 43.4. The number of hydrogen-bond donors (Lipinski definition) is 2. The number of fused-ring (bicyclic) bond motifs is 5. The van der Waals surface area contributed by atoms with Crippen LogP contribution >= 0.6 is 0 Å². The lowest BCUT2D eigenvalue weighted by Crippen LogP contribution is -2.64. The van der Waals surface area contributed by atoms with Crippen molar-refractivity contribution in [2.45, 2.75) is 72.3 Å². The fourth-order valence-corrected chi connectivity index (χ4v) is 7.76. The summed E-state index contributed by atoms with van der Waals surface area (Å²) < 4.78 is 0. The first-order valence-corrected chi connectivity index (χ1v) is 11.3. The van der Waals surface area contributed by atoms with Crippen molar-refractivity contribution in [3.05, 3.63) is 11.8 Å². The fraction of sp³-hybridized carbons (Fsp3) is 0.792. The number of rotatable bonds is 2. The van der Waals surface area contributed by atoms with Crippen molar-refractivity contribution in [3.8, 4) is 0 Å². The molecule has 7 atom stereocenters. The Bertz CT molecular complexity index is 826. The summed E-state index contributed by atoms with van der Waals surface area (Å²) in [6.07, 6.45) is 4.99. The Morgan fingerprint density at radius 3 is 2.23 bits per heavy atom. The van der Waals surface area contributed by atoms with Gasteiger partial charge < -0.3 is 15.1 Å². The van der Waals surface area contributed by atoms with Crippen molar-refractivity contribution < 1.29 is 24.6 Å². The Morgan fingerprint density at radius 1 is 1.03 bits per heavy atom. The Labute approximate surface area is 178 Å². The van der Waals surface area contributed by atoms with Gasteiger partial charge in [0.15, 0.2) is 5.78 Å². The van der Waals surface area contributed by atoms with Crippen LogP contribution in [0.15, 0.2) is 11.8 Å². The van der Waals surface area contributed by atoms with Crippen molar-refractivity contribution >= 4 is 17.7 Å². The summed E-state index contributed by atoms with van der Waals surface area (Å²) in [5.41, 5.74) is -0.218. The van der Waals surface area contributed by atoms with Crippen molar-refractivity contribution in [1.29, 1.82) is 0 Å². The Hall–Kier alpha value is -1.85. The SMILES string of the molecule is CC(C)(C)N1C[C@H]2[C@@H]3CC[C@H](C(=O)O)[C@@]3(C)CC[C@@H]2[C@]2(C)C1=CC(=O)CC2C(=O)O. The van der Waals surface area contributed by atoms with Gasteiger partial charge in [-0.3, -0.25) is 14.4 Å². The molecule has 1 saturated heterocycles. The van der Waals surface area contributed by atoms with Crippen LogP contribution in [0, 0.1) is 40.4 Å². The van der Waals surface area contributed by atoms with Crippen molar-refractivity contribution in [1.82, 2.24) is 4.90 Å². The van der Waals surface area contributed by atoms with Crippen molar-refractivity contribution in [2.75, 3.05) is 6.54 Å². The van der Waals surface area contributed by atoms with E-state index in [0.29, 0.717) is 6.42 Å². The van der Waals surface area contributed by atoms with Crippen LogP contribution in [0.3, 0.4) is 0 Å². The molecule has 2 saturated carbocycles. The third-order valence-electron chi connectivity index (χ3n) is 9.28. The molecule has 0 aromatic rings. The highest BCUT2D eigenvalue weighted by molar-refractivity contribution is 5.95. The minimum absolute atomic E-state index is 0.0518. The lowest BCUT2D eigenvalue weighted by atomic mass is 9.47. The van der Waals surface area contributed by atoms with Gasteiger partial charge in [0, 0.05) is 35.7 Å². The van der Waals surface area contributed by atoms with Gasteiger partial charge in [0.1, 0.15) is 0 Å². The number of piperidine rings is 1. The van der Waals surface area contributed by atoms with Gasteiger partial charge in [-0.25, -0.2) is 0 Å². The van der Waals surface area contributed by atoms with E-state index in [1.54, 1.807) is 6.08 Å². The van der Waals surface area contributed by atoms with Crippen molar-refractivity contribution in [2.24, 2.45) is 40.4 Å². The lowest BCUT2D eigenvalue weighted by molar-refractivity contribution is -0.163. The number of likely N-dealkylation sites (tertiary alicyclic amines) is 1. The van der Waals surface area contributed by atoms with E-state index in [9.17, 15) is 24.6 Å². The van der Waals surface area contributed by atoms with E-state index < -0.39 is 23.3 Å². The van der Waals surface area contributed by atoms with Gasteiger partial charge in [0.2, 0.25) is 0 Å². The first-order valence-electron chi connectivity index (χ1n) is 11.3. The predicted octanol–water partition coefficient (Wildman–Crippen LogP) is 3.81. The second-order valence-corrected chi connectivity index (χ2v) is 11.5. The topological polar surface area (TPSA) is 94.9 Å². The average Bonchev–Trinajstić information content (AvgIpc) is 2.97. The molecular weight excluding hydrogens is 382 g/mol. The maximum absolute atomic E-state index is 12.5. The molecule has 6 heteroatoms. The number of carboxylic acids is 2. The Kier molecular flexibility index (Phi) is 4.68. The van der Waals surface area contributed by atoms with Gasteiger partial charge in [-0.05, 0) is 69.6 Å². The molecule has 4 rings (SSSR count). The molecule has 4 aliphatic rings. The molecule has 1 unspecified atom stereocenters. The largest absolute Gasteiger partial charge is 0.481 e. The molecule has 1 heterocycles. The van der Waals surface area contributed by atoms with E-state index in [0.717, 1.165) is 31.5 Å². The molecule has 0 aromatic carbocycles. The van der Waals surface area contributed by atoms with Gasteiger partial charge in [-0.1, -0.05) is 13.8 Å². The second kappa shape index (κ2) is 6.57. The zero-order valence-electron chi connectivity index (χ0n) is 18.8. The molecule has 30 heavy (non-hydrogen) atoms. The first-order chi connectivity index (χ1) is 13.8. The maximum atomic E-state index is 12.5. The molecule has 0 amide bonds. The molecule has 0 spiro atoms. The number of carboxylic acid groups (broad SMARTS) is 2. The second-order valence-electron chi connectivity index (χ2n) is 11.5. The fourth-order valence-electron chi connectivity index (χ4n) is 7.76. The number of carbonyl (C=O) groups is 3. The highest BCUT2D eigenvalue weighted by Gasteiger charge is 2.65. The first kappa shape index (κ1) is 21.4. The standard InChI is InChI=1S/C24H35NO5/c1-22(2,3)25-12-14-15-6-7-17(20(27)28)23(15,4)9-8-16(14)24(5)18(21(29)30)10-13(26)11-19(24)25/h11,14-18H,6-10,12H2,1-5H3,(H,27,28)(H,29,30)/t14-,15-,16-,17+,18?,23-,24-/m0/s1. The van der Waals surface area contributed by atoms with E-state index in [1.165, 1.54) is 0 Å². The molecule has 1 aliphatic heterocycles. The summed E-state index contributed by atoms with van der Waals surface area (Å²) in [5.74, 6) is -2.08. The molecule has 6 nitrogen and oxygen atoms in total. The van der Waals surface area contributed by atoms with E-state index in [1.807, 2.05) is 0 Å². The smallest absolute Gasteiger partial charge is 0.307 e. The van der Waals surface area contributed by atoms with E-state index in [-0.39, 0.29) is 46.8 Å². The number of hydrogen-bond acceptors (Lipinski definition) is 4. The third kappa shape index (κ3) is 2.78. The number of ketones is 1. The molecule has 0 bridgehead atoms. The number of allylic oxidation sites excluding steroid dienone is 2. The van der Waals surface area contributed by atoms with E-state index in [4.69, 9.17) is 0 Å². The summed E-state index contributed by atoms with van der Waals surface area (Å²) in [6, 6.07) is 0. The molecule has 0 aromatic heterocycles. The Balaban J connectivity index is 1.84. The molecule has 3 fully saturated rings. The highest BCUT2D eigenvalue weighted by atomic mass is 16.4. The maximum Gasteiger partial charge on any atom is 0.307 e. The third-order valence-corrected chi connectivity index (χ3v) is 9.28. The van der Waals surface area contributed by atoms with Crippen LogP contribution in [-0.4, -0.2) is 44.9 Å². The van der Waals surface area contributed by atoms with Gasteiger partial charge >= 0.3 is 11.9 Å². The molecule has 2 N–H and O–H groups in total. The number of aliphatic carboxylic acids is 2. The van der Waals surface area contributed by atoms with Crippen LogP contribution in [0.25, 0.3) is 0 Å². The van der Waals surface area contributed by atoms with Crippen LogP contribution in [-0.2, 0) is 14.4 Å². The summed E-state index contributed by atoms with van der Waals surface area (Å²) in [5, 5.41) is 20.0. The van der Waals surface area contributed by atoms with Gasteiger partial charge in [0.25, 0.3) is 0 Å². The molecule has 0 radical (unpaired) electrons. The van der Waals surface area contributed by atoms with Gasteiger partial charge in [-0.2, -0.15) is 0 Å². The zero-order chi connectivity index (χ0) is 22.2. The molecule has 166 valence electrons.